The van der Waals surface area contributed by atoms with Gasteiger partial charge in [0.1, 0.15) is 5.82 Å². The molecule has 5 heteroatoms. The van der Waals surface area contributed by atoms with Gasteiger partial charge in [-0.25, -0.2) is 4.98 Å². The van der Waals surface area contributed by atoms with Crippen molar-refractivity contribution >= 4 is 34.1 Å². The van der Waals surface area contributed by atoms with Gasteiger partial charge in [-0.3, -0.25) is 14.2 Å². The number of benzene rings is 4. The van der Waals surface area contributed by atoms with Gasteiger partial charge in [-0.1, -0.05) is 72.8 Å². The lowest BCUT2D eigenvalue weighted by molar-refractivity contribution is -0.113. The molecule has 2 heterocycles. The molecule has 1 aromatic heterocycles. The van der Waals surface area contributed by atoms with Crippen molar-refractivity contribution in [2.45, 2.75) is 13.5 Å². The summed E-state index contributed by atoms with van der Waals surface area (Å²) in [6.45, 7) is 2.45. The summed E-state index contributed by atoms with van der Waals surface area (Å²) < 4.78 is 1.60. The summed E-state index contributed by atoms with van der Waals surface area (Å²) in [7, 11) is 0. The number of amides is 1. The van der Waals surface area contributed by atoms with Crippen molar-refractivity contribution in [2.24, 2.45) is 0 Å². The largest absolute Gasteiger partial charge is 0.303 e. The third kappa shape index (κ3) is 3.71. The number of nitrogens with zero attached hydrogens (tertiary/aromatic N) is 3. The molecule has 6 rings (SSSR count). The molecule has 1 aliphatic rings. The van der Waals surface area contributed by atoms with Crippen molar-refractivity contribution in [1.29, 1.82) is 0 Å². The van der Waals surface area contributed by atoms with E-state index in [1.165, 1.54) is 0 Å². The minimum Gasteiger partial charge on any atom is -0.303 e. The number of aromatic nitrogens is 2. The van der Waals surface area contributed by atoms with Gasteiger partial charge in [-0.2, -0.15) is 0 Å². The SMILES string of the molecule is Cc1cccc(-n2c(/C=C3\C(=O)N(Cc4ccccc4)c4ccccc43)nc3ccccc3c2=O)c1. The average molecular weight is 470 g/mol. The van der Waals surface area contributed by atoms with E-state index in [-0.39, 0.29) is 11.5 Å². The van der Waals surface area contributed by atoms with Crippen molar-refractivity contribution in [3.05, 3.63) is 136 Å². The average Bonchev–Trinajstić information content (AvgIpc) is 3.15. The standard InChI is InChI=1S/C31H23N3O2/c1-21-10-9-13-23(18-21)34-29(32-27-16-7-5-15-25(27)31(34)36)19-26-24-14-6-8-17-28(24)33(30(26)35)20-22-11-3-2-4-12-22/h2-19H,20H2,1H3/b26-19-. The van der Waals surface area contributed by atoms with Crippen LogP contribution in [0.4, 0.5) is 5.69 Å². The lowest BCUT2D eigenvalue weighted by Crippen LogP contribution is -2.26. The first-order valence-corrected chi connectivity index (χ1v) is 11.9. The van der Waals surface area contributed by atoms with Gasteiger partial charge in [0.05, 0.1) is 34.4 Å². The highest BCUT2D eigenvalue weighted by molar-refractivity contribution is 6.35. The second-order valence-corrected chi connectivity index (χ2v) is 8.92. The maximum Gasteiger partial charge on any atom is 0.266 e. The van der Waals surface area contributed by atoms with E-state index in [1.54, 1.807) is 21.6 Å². The monoisotopic (exact) mass is 469 g/mol. The molecule has 174 valence electrons. The predicted octanol–water partition coefficient (Wildman–Crippen LogP) is 5.78. The van der Waals surface area contributed by atoms with Crippen LogP contribution in [0.1, 0.15) is 22.5 Å². The van der Waals surface area contributed by atoms with Gasteiger partial charge >= 0.3 is 0 Å². The molecular weight excluding hydrogens is 446 g/mol. The minimum atomic E-state index is -0.169. The van der Waals surface area contributed by atoms with Crippen LogP contribution in [0.25, 0.3) is 28.2 Å². The van der Waals surface area contributed by atoms with Crippen molar-refractivity contribution in [1.82, 2.24) is 9.55 Å². The summed E-state index contributed by atoms with van der Waals surface area (Å²) in [4.78, 5) is 34.1. The molecule has 0 spiro atoms. The molecular formula is C31H23N3O2. The molecule has 1 aliphatic heterocycles. The lowest BCUT2D eigenvalue weighted by Gasteiger charge is -2.17. The fraction of sp³-hybridized carbons (Fsp3) is 0.0645. The smallest absolute Gasteiger partial charge is 0.266 e. The Balaban J connectivity index is 1.56. The zero-order valence-electron chi connectivity index (χ0n) is 19.8. The van der Waals surface area contributed by atoms with Crippen molar-refractivity contribution < 1.29 is 4.79 Å². The topological polar surface area (TPSA) is 55.2 Å². The van der Waals surface area contributed by atoms with Gasteiger partial charge in [0.2, 0.25) is 0 Å². The Bertz CT molecular complexity index is 1720. The number of fused-ring (bicyclic) bond motifs is 2. The molecule has 1 amide bonds. The molecule has 0 N–H and O–H groups in total. The Kier molecular flexibility index (Phi) is 5.30. The van der Waals surface area contributed by atoms with Crippen LogP contribution in [0.15, 0.2) is 108 Å². The number of anilines is 1. The highest BCUT2D eigenvalue weighted by atomic mass is 16.2. The van der Waals surface area contributed by atoms with Crippen molar-refractivity contribution in [3.8, 4) is 5.69 Å². The zero-order valence-corrected chi connectivity index (χ0v) is 19.8. The van der Waals surface area contributed by atoms with Crippen LogP contribution >= 0.6 is 0 Å². The van der Waals surface area contributed by atoms with E-state index in [4.69, 9.17) is 4.98 Å². The maximum atomic E-state index is 13.8. The van der Waals surface area contributed by atoms with Crippen molar-refractivity contribution in [2.75, 3.05) is 4.90 Å². The van der Waals surface area contributed by atoms with Crippen LogP contribution in [0.2, 0.25) is 0 Å². The molecule has 0 fully saturated rings. The van der Waals surface area contributed by atoms with Crippen molar-refractivity contribution in [3.63, 3.8) is 0 Å². The summed E-state index contributed by atoms with van der Waals surface area (Å²) in [6, 6.07) is 32.7. The zero-order chi connectivity index (χ0) is 24.6. The number of hydrogen-bond donors (Lipinski definition) is 0. The first-order valence-electron chi connectivity index (χ1n) is 11.9. The summed E-state index contributed by atoms with van der Waals surface area (Å²) in [5.41, 5.74) is 5.41. The summed E-state index contributed by atoms with van der Waals surface area (Å²) in [5.74, 6) is 0.308. The number of carbonyl (C=O) groups excluding carboxylic acids is 1. The first kappa shape index (κ1) is 21.7. The Morgan fingerprint density at radius 1 is 0.806 bits per heavy atom. The second kappa shape index (κ2) is 8.78. The highest BCUT2D eigenvalue weighted by Gasteiger charge is 2.32. The molecule has 36 heavy (non-hydrogen) atoms. The molecule has 0 saturated carbocycles. The number of rotatable bonds is 4. The van der Waals surface area contributed by atoms with Crippen LogP contribution in [-0.2, 0) is 11.3 Å². The third-order valence-corrected chi connectivity index (χ3v) is 6.48. The molecule has 0 atom stereocenters. The molecule has 0 radical (unpaired) electrons. The number of hydrogen-bond acceptors (Lipinski definition) is 3. The quantitative estimate of drug-likeness (QED) is 0.314. The van der Waals surface area contributed by atoms with Crippen LogP contribution in [0.3, 0.4) is 0 Å². The van der Waals surface area contributed by atoms with E-state index in [0.29, 0.717) is 34.5 Å². The fourth-order valence-electron chi connectivity index (χ4n) is 4.76. The van der Waals surface area contributed by atoms with Gasteiger partial charge in [0, 0.05) is 5.56 Å². The molecule has 0 unspecified atom stereocenters. The van der Waals surface area contributed by atoms with E-state index < -0.39 is 0 Å². The van der Waals surface area contributed by atoms with E-state index in [1.807, 2.05) is 104 Å². The predicted molar refractivity (Wildman–Crippen MR) is 144 cm³/mol. The van der Waals surface area contributed by atoms with E-state index >= 15 is 0 Å². The lowest BCUT2D eigenvalue weighted by atomic mass is 10.1. The molecule has 5 nitrogen and oxygen atoms in total. The maximum absolute atomic E-state index is 13.8. The van der Waals surface area contributed by atoms with E-state index in [2.05, 4.69) is 0 Å². The molecule has 0 bridgehead atoms. The number of para-hydroxylation sites is 2. The highest BCUT2D eigenvalue weighted by Crippen LogP contribution is 2.38. The summed E-state index contributed by atoms with van der Waals surface area (Å²) >= 11 is 0. The first-order chi connectivity index (χ1) is 17.6. The normalized spacial score (nSPS) is 14.0. The van der Waals surface area contributed by atoms with Crippen LogP contribution < -0.4 is 10.5 Å². The van der Waals surface area contributed by atoms with Crippen LogP contribution in [-0.4, -0.2) is 15.5 Å². The fourth-order valence-corrected chi connectivity index (χ4v) is 4.76. The molecule has 0 saturated heterocycles. The Labute approximate surface area is 208 Å². The Morgan fingerprint density at radius 3 is 2.39 bits per heavy atom. The van der Waals surface area contributed by atoms with E-state index in [0.717, 1.165) is 22.4 Å². The summed E-state index contributed by atoms with van der Waals surface area (Å²) in [6.07, 6.45) is 1.75. The van der Waals surface area contributed by atoms with E-state index in [9.17, 15) is 9.59 Å². The molecule has 4 aromatic carbocycles. The van der Waals surface area contributed by atoms with Gasteiger partial charge in [0.15, 0.2) is 0 Å². The third-order valence-electron chi connectivity index (χ3n) is 6.48. The second-order valence-electron chi connectivity index (χ2n) is 8.92. The van der Waals surface area contributed by atoms with Gasteiger partial charge in [-0.15, -0.1) is 0 Å². The number of aryl methyl sites for hydroxylation is 1. The van der Waals surface area contributed by atoms with Gasteiger partial charge in [0.25, 0.3) is 11.5 Å². The van der Waals surface area contributed by atoms with Crippen LogP contribution in [0, 0.1) is 6.92 Å². The molecule has 0 aliphatic carbocycles. The van der Waals surface area contributed by atoms with Gasteiger partial charge < -0.3 is 4.90 Å². The van der Waals surface area contributed by atoms with Gasteiger partial charge in [-0.05, 0) is 54.5 Å². The number of carbonyl (C=O) groups is 1. The Hall–Kier alpha value is -4.77. The van der Waals surface area contributed by atoms with Crippen LogP contribution in [0.5, 0.6) is 0 Å². The summed E-state index contributed by atoms with van der Waals surface area (Å²) in [5, 5.41) is 0.532. The molecule has 5 aromatic rings. The minimum absolute atomic E-state index is 0.113. The Morgan fingerprint density at radius 2 is 1.56 bits per heavy atom.